The number of rotatable bonds is 7. The summed E-state index contributed by atoms with van der Waals surface area (Å²) < 4.78 is 29.2. The van der Waals surface area contributed by atoms with Gasteiger partial charge >= 0.3 is 0 Å². The van der Waals surface area contributed by atoms with Crippen LogP contribution in [0.5, 0.6) is 0 Å². The lowest BCUT2D eigenvalue weighted by Crippen LogP contribution is -2.43. The van der Waals surface area contributed by atoms with Gasteiger partial charge in [0.15, 0.2) is 0 Å². The number of hydrogen-bond acceptors (Lipinski definition) is 6. The molecule has 1 aliphatic heterocycles. The zero-order chi connectivity index (χ0) is 19.4. The van der Waals surface area contributed by atoms with Crippen molar-refractivity contribution >= 4 is 21.7 Å². The van der Waals surface area contributed by atoms with Crippen molar-refractivity contribution in [1.29, 1.82) is 0 Å². The van der Waals surface area contributed by atoms with Gasteiger partial charge in [-0.05, 0) is 31.9 Å². The summed E-state index contributed by atoms with van der Waals surface area (Å²) in [6.07, 6.45) is 6.47. The quantitative estimate of drug-likeness (QED) is 0.781. The van der Waals surface area contributed by atoms with E-state index in [1.165, 1.54) is 4.31 Å². The largest absolute Gasteiger partial charge is 0.339 e. The highest BCUT2D eigenvalue weighted by Crippen LogP contribution is 2.35. The zero-order valence-corrected chi connectivity index (χ0v) is 16.8. The van der Waals surface area contributed by atoms with E-state index >= 15 is 0 Å². The van der Waals surface area contributed by atoms with Crippen molar-refractivity contribution in [3.63, 3.8) is 0 Å². The van der Waals surface area contributed by atoms with Gasteiger partial charge in [0.1, 0.15) is 5.82 Å². The molecule has 1 aliphatic rings. The molecule has 1 saturated heterocycles. The Kier molecular flexibility index (Phi) is 6.03. The van der Waals surface area contributed by atoms with Gasteiger partial charge in [-0.3, -0.25) is 9.97 Å². The Hall–Kier alpha value is -2.10. The third-order valence-electron chi connectivity index (χ3n) is 4.68. The Balaban J connectivity index is 1.91. The van der Waals surface area contributed by atoms with Crippen molar-refractivity contribution in [2.45, 2.75) is 39.7 Å². The van der Waals surface area contributed by atoms with Crippen molar-refractivity contribution < 1.29 is 8.42 Å². The number of aryl methyl sites for hydroxylation is 1. The topological polar surface area (TPSA) is 91.3 Å². The minimum Gasteiger partial charge on any atom is -0.339 e. The first-order valence-corrected chi connectivity index (χ1v) is 10.6. The molecule has 8 nitrogen and oxygen atoms in total. The second-order valence-corrected chi connectivity index (χ2v) is 8.38. The first-order chi connectivity index (χ1) is 13.0. The summed E-state index contributed by atoms with van der Waals surface area (Å²) in [5, 5.41) is 3.22. The monoisotopic (exact) mass is 390 g/mol. The maximum atomic E-state index is 13.0. The second kappa shape index (κ2) is 8.28. The standard InChI is InChI=1S/C18H26N6O2S/c1-4-23(5-2)27(25,26)24-10-6-7-17(24)16-12-15(11-14(3)21-16)22-18-13-19-8-9-20-18/h8-9,11-13,17H,4-7,10H2,1-3H3,(H,20,21,22). The van der Waals surface area contributed by atoms with Gasteiger partial charge in [0.05, 0.1) is 17.9 Å². The van der Waals surface area contributed by atoms with Crippen LogP contribution in [0.1, 0.15) is 44.1 Å². The van der Waals surface area contributed by atoms with Crippen LogP contribution in [0.3, 0.4) is 0 Å². The van der Waals surface area contributed by atoms with Gasteiger partial charge in [-0.15, -0.1) is 0 Å². The molecule has 1 atom stereocenters. The third kappa shape index (κ3) is 4.26. The fraction of sp³-hybridized carbons (Fsp3) is 0.500. The van der Waals surface area contributed by atoms with Crippen molar-refractivity contribution in [1.82, 2.24) is 23.6 Å². The number of hydrogen-bond donors (Lipinski definition) is 1. The predicted octanol–water partition coefficient (Wildman–Crippen LogP) is 2.65. The molecule has 0 bridgehead atoms. The Labute approximate surface area is 160 Å². The smallest absolute Gasteiger partial charge is 0.282 e. The normalized spacial score (nSPS) is 18.1. The highest BCUT2D eigenvalue weighted by Gasteiger charge is 2.38. The summed E-state index contributed by atoms with van der Waals surface area (Å²) in [5.74, 6) is 0.632. The molecule has 0 aliphatic carbocycles. The lowest BCUT2D eigenvalue weighted by Gasteiger charge is -2.29. The van der Waals surface area contributed by atoms with Gasteiger partial charge in [0.2, 0.25) is 0 Å². The van der Waals surface area contributed by atoms with Gasteiger partial charge < -0.3 is 5.32 Å². The minimum absolute atomic E-state index is 0.252. The van der Waals surface area contributed by atoms with E-state index < -0.39 is 10.2 Å². The molecule has 0 amide bonds. The third-order valence-corrected chi connectivity index (χ3v) is 6.88. The van der Waals surface area contributed by atoms with Crippen LogP contribution >= 0.6 is 0 Å². The lowest BCUT2D eigenvalue weighted by molar-refractivity contribution is 0.335. The van der Waals surface area contributed by atoms with E-state index in [4.69, 9.17) is 0 Å². The van der Waals surface area contributed by atoms with Crippen molar-refractivity contribution in [2.24, 2.45) is 0 Å². The van der Waals surface area contributed by atoms with Crippen LogP contribution in [0, 0.1) is 6.92 Å². The van der Waals surface area contributed by atoms with Crippen LogP contribution in [0.25, 0.3) is 0 Å². The SMILES string of the molecule is CCN(CC)S(=O)(=O)N1CCCC1c1cc(Nc2cnccn2)cc(C)n1. The van der Waals surface area contributed by atoms with Crippen LogP contribution in [0.2, 0.25) is 0 Å². The fourth-order valence-electron chi connectivity index (χ4n) is 3.46. The van der Waals surface area contributed by atoms with E-state index in [1.54, 1.807) is 22.9 Å². The van der Waals surface area contributed by atoms with Crippen LogP contribution in [0.4, 0.5) is 11.5 Å². The summed E-state index contributed by atoms with van der Waals surface area (Å²) in [4.78, 5) is 12.9. The summed E-state index contributed by atoms with van der Waals surface area (Å²) in [6, 6.07) is 3.57. The van der Waals surface area contributed by atoms with Gasteiger partial charge in [-0.2, -0.15) is 17.0 Å². The van der Waals surface area contributed by atoms with Crippen molar-refractivity contribution in [2.75, 3.05) is 25.0 Å². The van der Waals surface area contributed by atoms with Crippen LogP contribution in [0.15, 0.2) is 30.7 Å². The molecule has 1 N–H and O–H groups in total. The molecule has 1 fully saturated rings. The maximum Gasteiger partial charge on any atom is 0.282 e. The second-order valence-electron chi connectivity index (χ2n) is 6.50. The molecule has 0 spiro atoms. The molecular weight excluding hydrogens is 364 g/mol. The molecule has 27 heavy (non-hydrogen) atoms. The first kappa shape index (κ1) is 19.7. The average Bonchev–Trinajstić information content (AvgIpc) is 3.13. The van der Waals surface area contributed by atoms with E-state index in [9.17, 15) is 8.42 Å². The summed E-state index contributed by atoms with van der Waals surface area (Å²) in [5.41, 5.74) is 2.41. The van der Waals surface area contributed by atoms with Gasteiger partial charge in [0.25, 0.3) is 10.2 Å². The number of aromatic nitrogens is 3. The number of nitrogens with zero attached hydrogens (tertiary/aromatic N) is 5. The van der Waals surface area contributed by atoms with E-state index in [1.807, 2.05) is 32.9 Å². The molecule has 0 aromatic carbocycles. The Morgan fingerprint density at radius 2 is 2.04 bits per heavy atom. The first-order valence-electron chi connectivity index (χ1n) is 9.24. The molecule has 3 heterocycles. The van der Waals surface area contributed by atoms with Crippen molar-refractivity contribution in [3.8, 4) is 0 Å². The lowest BCUT2D eigenvalue weighted by atomic mass is 10.1. The predicted molar refractivity (Wildman–Crippen MR) is 105 cm³/mol. The Morgan fingerprint density at radius 3 is 2.70 bits per heavy atom. The molecule has 146 valence electrons. The summed E-state index contributed by atoms with van der Waals surface area (Å²) >= 11 is 0. The van der Waals surface area contributed by atoms with Gasteiger partial charge in [-0.1, -0.05) is 13.8 Å². The van der Waals surface area contributed by atoms with Gasteiger partial charge in [0, 0.05) is 43.4 Å². The van der Waals surface area contributed by atoms with Crippen LogP contribution < -0.4 is 5.32 Å². The molecular formula is C18H26N6O2S. The molecule has 0 radical (unpaired) electrons. The Bertz CT molecular complexity index is 871. The molecule has 9 heteroatoms. The number of pyridine rings is 1. The summed E-state index contributed by atoms with van der Waals surface area (Å²) in [7, 11) is -3.50. The number of nitrogens with one attached hydrogen (secondary N) is 1. The summed E-state index contributed by atoms with van der Waals surface area (Å²) in [6.45, 7) is 7.07. The van der Waals surface area contributed by atoms with Crippen LogP contribution in [-0.4, -0.2) is 51.6 Å². The van der Waals surface area contributed by atoms with E-state index in [2.05, 4.69) is 20.3 Å². The van der Waals surface area contributed by atoms with Crippen molar-refractivity contribution in [3.05, 3.63) is 42.1 Å². The molecule has 2 aromatic rings. The zero-order valence-electron chi connectivity index (χ0n) is 16.0. The Morgan fingerprint density at radius 1 is 1.26 bits per heavy atom. The van der Waals surface area contributed by atoms with E-state index in [-0.39, 0.29) is 6.04 Å². The van der Waals surface area contributed by atoms with E-state index in [0.717, 1.165) is 29.9 Å². The minimum atomic E-state index is -3.50. The van der Waals surface area contributed by atoms with E-state index in [0.29, 0.717) is 25.5 Å². The van der Waals surface area contributed by atoms with Gasteiger partial charge in [-0.25, -0.2) is 4.98 Å². The average molecular weight is 391 g/mol. The molecule has 1 unspecified atom stereocenters. The molecule has 3 rings (SSSR count). The highest BCUT2D eigenvalue weighted by molar-refractivity contribution is 7.86. The molecule has 0 saturated carbocycles. The number of anilines is 2. The maximum absolute atomic E-state index is 13.0. The fourth-order valence-corrected chi connectivity index (χ4v) is 5.30. The highest BCUT2D eigenvalue weighted by atomic mass is 32.2. The molecule has 2 aromatic heterocycles. The van der Waals surface area contributed by atoms with Crippen LogP contribution in [-0.2, 0) is 10.2 Å².